The van der Waals surface area contributed by atoms with Gasteiger partial charge in [-0.05, 0) is 0 Å². The van der Waals surface area contributed by atoms with Crippen LogP contribution in [0.3, 0.4) is 0 Å². The molecule has 0 heterocycles. The van der Waals surface area contributed by atoms with Crippen LogP contribution in [0.25, 0.3) is 0 Å². The van der Waals surface area contributed by atoms with Crippen LogP contribution < -0.4 is 0 Å². The van der Waals surface area contributed by atoms with E-state index in [9.17, 15) is 0 Å². The maximum atomic E-state index is 8.50. The second-order valence-electron chi connectivity index (χ2n) is 2.13. The van der Waals surface area contributed by atoms with Crippen LogP contribution in [0.5, 0.6) is 0 Å². The van der Waals surface area contributed by atoms with E-state index in [1.54, 1.807) is 0 Å². The summed E-state index contributed by atoms with van der Waals surface area (Å²) in [7, 11) is 0. The predicted molar refractivity (Wildman–Crippen MR) is 52.2 cm³/mol. The van der Waals surface area contributed by atoms with E-state index < -0.39 is 31.8 Å². The third kappa shape index (κ3) is 8.17. The molecule has 7 heteroatoms. The van der Waals surface area contributed by atoms with Crippen molar-refractivity contribution in [2.75, 3.05) is 26.4 Å². The third-order valence-corrected chi connectivity index (χ3v) is 1.34. The Labute approximate surface area is 139 Å². The molecule has 12 heavy (non-hydrogen) atoms. The molecule has 0 saturated heterocycles. The summed E-state index contributed by atoms with van der Waals surface area (Å²) in [6, 6.07) is 0. The maximum absolute atomic E-state index is 8.50. The fourth-order valence-electron chi connectivity index (χ4n) is 0.300. The van der Waals surface area contributed by atoms with Crippen molar-refractivity contribution in [1.82, 2.24) is 0 Å². The SMILES string of the molecule is OCC(CO)(CO)CO.[NaH].[NaH].[NaH]. The zero-order chi connectivity index (χ0) is 7.33. The number of aliphatic hydroxyl groups is 4. The molecule has 0 aromatic heterocycles. The molecule has 62 valence electrons. The van der Waals surface area contributed by atoms with Gasteiger partial charge in [-0.1, -0.05) is 0 Å². The molecule has 0 fully saturated rings. The van der Waals surface area contributed by atoms with Crippen LogP contribution in [-0.2, 0) is 0 Å². The van der Waals surface area contributed by atoms with Crippen LogP contribution in [0.1, 0.15) is 0 Å². The first-order valence-electron chi connectivity index (χ1n) is 2.68. The minimum absolute atomic E-state index is 0. The zero-order valence-electron chi connectivity index (χ0n) is 5.12. The summed E-state index contributed by atoms with van der Waals surface area (Å²) in [5, 5.41) is 34.0. The molecule has 4 N–H and O–H groups in total. The first-order valence-corrected chi connectivity index (χ1v) is 2.68. The Hall–Kier alpha value is 2.84. The van der Waals surface area contributed by atoms with E-state index >= 15 is 0 Å². The van der Waals surface area contributed by atoms with Crippen molar-refractivity contribution in [2.24, 2.45) is 5.41 Å². The van der Waals surface area contributed by atoms with Crippen LogP contribution in [0.4, 0.5) is 0 Å². The van der Waals surface area contributed by atoms with Gasteiger partial charge in [-0.15, -0.1) is 0 Å². The van der Waals surface area contributed by atoms with Crippen LogP contribution >= 0.6 is 0 Å². The Bertz CT molecular complexity index is 61.6. The van der Waals surface area contributed by atoms with Gasteiger partial charge in [-0.3, -0.25) is 0 Å². The molecule has 0 aromatic rings. The van der Waals surface area contributed by atoms with Crippen LogP contribution in [0, 0.1) is 5.41 Å². The number of hydrogen-bond donors (Lipinski definition) is 4. The minimum atomic E-state index is -1.11. The average Bonchev–Trinajstić information content (AvgIpc) is 1.95. The summed E-state index contributed by atoms with van der Waals surface area (Å²) in [6.07, 6.45) is 0. The molecule has 0 spiro atoms. The first-order chi connectivity index (χ1) is 4.24. The summed E-state index contributed by atoms with van der Waals surface area (Å²) in [6.45, 7) is -1.62. The second-order valence-corrected chi connectivity index (χ2v) is 2.13. The molecule has 0 bridgehead atoms. The Morgan fingerprint density at radius 3 is 0.750 bits per heavy atom. The molecular weight excluding hydrogens is 193 g/mol. The Morgan fingerprint density at radius 2 is 0.750 bits per heavy atom. The Morgan fingerprint density at radius 1 is 0.583 bits per heavy atom. The van der Waals surface area contributed by atoms with Crippen molar-refractivity contribution in [2.45, 2.75) is 0 Å². The molecule has 0 radical (unpaired) electrons. The van der Waals surface area contributed by atoms with Crippen molar-refractivity contribution in [3.05, 3.63) is 0 Å². The second kappa shape index (κ2) is 13.8. The van der Waals surface area contributed by atoms with Gasteiger partial charge in [0, 0.05) is 0 Å². The van der Waals surface area contributed by atoms with Gasteiger partial charge in [0.15, 0.2) is 0 Å². The molecule has 0 unspecified atom stereocenters. The Kier molecular flexibility index (Phi) is 27.9. The molecule has 0 atom stereocenters. The quantitative estimate of drug-likeness (QED) is 0.355. The van der Waals surface area contributed by atoms with E-state index in [1.807, 2.05) is 0 Å². The molecule has 0 saturated carbocycles. The van der Waals surface area contributed by atoms with E-state index in [4.69, 9.17) is 20.4 Å². The van der Waals surface area contributed by atoms with E-state index in [0.717, 1.165) is 0 Å². The van der Waals surface area contributed by atoms with E-state index in [1.165, 1.54) is 0 Å². The number of aliphatic hydroxyl groups excluding tert-OH is 4. The molecular formula is C5H15Na3O4. The van der Waals surface area contributed by atoms with Crippen molar-refractivity contribution < 1.29 is 20.4 Å². The fourth-order valence-corrected chi connectivity index (χ4v) is 0.300. The summed E-state index contributed by atoms with van der Waals surface area (Å²) in [5.74, 6) is 0. The standard InChI is InChI=1S/C5H12O4.3Na.3H/c6-1-5(2-7,3-8)4-9;;;;;;/h6-9H,1-4H2;;;;;;. The molecule has 4 nitrogen and oxygen atoms in total. The van der Waals surface area contributed by atoms with Crippen LogP contribution in [-0.4, -0.2) is 136 Å². The molecule has 0 aromatic carbocycles. The predicted octanol–water partition coefficient (Wildman–Crippen LogP) is -4.00. The van der Waals surface area contributed by atoms with Crippen molar-refractivity contribution in [1.29, 1.82) is 0 Å². The van der Waals surface area contributed by atoms with Crippen LogP contribution in [0.15, 0.2) is 0 Å². The van der Waals surface area contributed by atoms with Gasteiger partial charge in [0.05, 0.1) is 31.8 Å². The summed E-state index contributed by atoms with van der Waals surface area (Å²) in [5.41, 5.74) is -1.11. The first kappa shape index (κ1) is 24.2. The van der Waals surface area contributed by atoms with E-state index in [0.29, 0.717) is 0 Å². The van der Waals surface area contributed by atoms with Gasteiger partial charge in [-0.25, -0.2) is 0 Å². The molecule has 0 rings (SSSR count). The molecule has 0 aliphatic rings. The van der Waals surface area contributed by atoms with E-state index in [2.05, 4.69) is 0 Å². The molecule has 0 amide bonds. The van der Waals surface area contributed by atoms with Gasteiger partial charge >= 0.3 is 88.7 Å². The van der Waals surface area contributed by atoms with Crippen molar-refractivity contribution >= 4 is 88.7 Å². The zero-order valence-corrected chi connectivity index (χ0v) is 5.12. The molecule has 0 aliphatic carbocycles. The normalized spacial score (nSPS) is 9.00. The van der Waals surface area contributed by atoms with Crippen LogP contribution in [0.2, 0.25) is 0 Å². The van der Waals surface area contributed by atoms with Gasteiger partial charge in [0.1, 0.15) is 0 Å². The van der Waals surface area contributed by atoms with Gasteiger partial charge in [0.25, 0.3) is 0 Å². The van der Waals surface area contributed by atoms with Gasteiger partial charge < -0.3 is 20.4 Å². The van der Waals surface area contributed by atoms with E-state index in [-0.39, 0.29) is 88.7 Å². The number of hydrogen-bond acceptors (Lipinski definition) is 4. The summed E-state index contributed by atoms with van der Waals surface area (Å²) >= 11 is 0. The van der Waals surface area contributed by atoms with Crippen molar-refractivity contribution in [3.63, 3.8) is 0 Å². The third-order valence-electron chi connectivity index (χ3n) is 1.34. The van der Waals surface area contributed by atoms with Crippen molar-refractivity contribution in [3.8, 4) is 0 Å². The summed E-state index contributed by atoms with van der Waals surface area (Å²) < 4.78 is 0. The summed E-state index contributed by atoms with van der Waals surface area (Å²) in [4.78, 5) is 0. The monoisotopic (exact) mass is 208 g/mol. The molecule has 0 aliphatic heterocycles. The number of rotatable bonds is 4. The van der Waals surface area contributed by atoms with Gasteiger partial charge in [-0.2, -0.15) is 0 Å². The average molecular weight is 208 g/mol. The van der Waals surface area contributed by atoms with Gasteiger partial charge in [0.2, 0.25) is 0 Å². The topological polar surface area (TPSA) is 80.9 Å². The fraction of sp³-hybridized carbons (Fsp3) is 1.00. The Balaban J connectivity index is -0.000000107.